The van der Waals surface area contributed by atoms with Gasteiger partial charge in [0.05, 0.1) is 0 Å². The van der Waals surface area contributed by atoms with Crippen LogP contribution in [0, 0.1) is 6.07 Å². The Balaban J connectivity index is 0.000000180. The predicted octanol–water partition coefficient (Wildman–Crippen LogP) is 4.13. The maximum Gasteiger partial charge on any atom is 0.166 e. The summed E-state index contributed by atoms with van der Waals surface area (Å²) < 4.78 is 3.91. The van der Waals surface area contributed by atoms with Gasteiger partial charge in [0.1, 0.15) is 18.1 Å². The second-order valence-corrected chi connectivity index (χ2v) is 5.45. The first-order chi connectivity index (χ1) is 12.2. The third kappa shape index (κ3) is 5.12. The fourth-order valence-corrected chi connectivity index (χ4v) is 2.29. The fourth-order valence-electron chi connectivity index (χ4n) is 2.29. The van der Waals surface area contributed by atoms with Gasteiger partial charge in [-0.25, -0.2) is 0 Å². The van der Waals surface area contributed by atoms with E-state index in [-0.39, 0.29) is 20.1 Å². The topological polar surface area (TPSA) is 36.9 Å². The number of nitrogens with zero attached hydrogens (tertiary/aromatic N) is 4. The predicted molar refractivity (Wildman–Crippen MR) is 101 cm³/mol. The van der Waals surface area contributed by atoms with Gasteiger partial charge in [-0.1, -0.05) is 30.0 Å². The molecule has 0 saturated heterocycles. The number of pyridine rings is 1. The van der Waals surface area contributed by atoms with Crippen LogP contribution in [-0.2, 0) is 27.2 Å². The van der Waals surface area contributed by atoms with Crippen molar-refractivity contribution in [2.75, 3.05) is 0 Å². The third-order valence-electron chi connectivity index (χ3n) is 3.58. The van der Waals surface area contributed by atoms with Crippen LogP contribution < -0.4 is 4.98 Å². The summed E-state index contributed by atoms with van der Waals surface area (Å²) in [6, 6.07) is 20.7. The number of aryl methyl sites for hydroxylation is 1. The average Bonchev–Trinajstić information content (AvgIpc) is 3.35. The number of aromatic nitrogens is 4. The minimum absolute atomic E-state index is 0. The molecule has 0 aliphatic rings. The number of hydrogen-bond acceptors (Lipinski definition) is 1. The number of hydrogen-bond donors (Lipinski definition) is 0. The van der Waals surface area contributed by atoms with Gasteiger partial charge in [-0.15, -0.1) is 35.9 Å². The molecule has 0 unspecified atom stereocenters. The molecular weight excluding hydrogens is 500 g/mol. The summed E-state index contributed by atoms with van der Waals surface area (Å²) in [7, 11) is 1.97. The smallest absolute Gasteiger partial charge is 0.166 e. The molecule has 1 radical (unpaired) electrons. The first-order valence-corrected chi connectivity index (χ1v) is 7.93. The molecule has 0 N–H and O–H groups in total. The summed E-state index contributed by atoms with van der Waals surface area (Å²) >= 11 is 0. The second-order valence-electron chi connectivity index (χ2n) is 5.45. The first kappa shape index (κ1) is 19.6. The zero-order valence-electron chi connectivity index (χ0n) is 14.4. The molecule has 4 nitrogen and oxygen atoms in total. The molecule has 5 heteroatoms. The monoisotopic (exact) mass is 520 g/mol. The minimum Gasteiger partial charge on any atom is -0.654 e. The van der Waals surface area contributed by atoms with Gasteiger partial charge in [-0.05, 0) is 18.3 Å². The van der Waals surface area contributed by atoms with Crippen LogP contribution in [0.25, 0.3) is 17.0 Å². The molecule has 0 spiro atoms. The van der Waals surface area contributed by atoms with E-state index in [4.69, 9.17) is 0 Å². The molecule has 0 saturated carbocycles. The molecule has 0 amide bonds. The van der Waals surface area contributed by atoms with Gasteiger partial charge in [0.25, 0.3) is 0 Å². The summed E-state index contributed by atoms with van der Waals surface area (Å²) in [5, 5.41) is 0. The molecule has 1 aromatic carbocycles. The van der Waals surface area contributed by atoms with Crippen molar-refractivity contribution in [1.82, 2.24) is 19.1 Å². The van der Waals surface area contributed by atoms with Gasteiger partial charge < -0.3 is 9.97 Å². The van der Waals surface area contributed by atoms with Crippen molar-refractivity contribution in [3.63, 3.8) is 0 Å². The van der Waals surface area contributed by atoms with Gasteiger partial charge in [0.2, 0.25) is 0 Å². The van der Waals surface area contributed by atoms with Gasteiger partial charge in [-0.3, -0.25) is 4.57 Å². The Morgan fingerprint density at radius 2 is 1.96 bits per heavy atom. The second kappa shape index (κ2) is 9.66. The average molecular weight is 520 g/mol. The Labute approximate surface area is 167 Å². The van der Waals surface area contributed by atoms with E-state index in [2.05, 4.69) is 22.6 Å². The van der Waals surface area contributed by atoms with Crippen molar-refractivity contribution in [3.05, 3.63) is 104 Å². The maximum atomic E-state index is 4.22. The molecule has 0 aliphatic heterocycles. The van der Waals surface area contributed by atoms with Crippen molar-refractivity contribution in [3.8, 4) is 11.3 Å². The molecule has 0 bridgehead atoms. The summed E-state index contributed by atoms with van der Waals surface area (Å²) in [6.45, 7) is 3.97. The van der Waals surface area contributed by atoms with Crippen LogP contribution in [0.15, 0.2) is 92.3 Å². The van der Waals surface area contributed by atoms with Gasteiger partial charge in [0.15, 0.2) is 6.33 Å². The standard InChI is InChI=1S/C11H8N.C10H11N3.Ir/c1-2-6-10(7-3-1)11-8-4-5-9-12-11;1-9(10-4-3-5-11-10)13-7-6-12(2)8-13;/h1-6,8-9H;3-8H,1H2,2H3;/q-1;;. The molecule has 3 aromatic heterocycles. The Morgan fingerprint density at radius 3 is 2.54 bits per heavy atom. The van der Waals surface area contributed by atoms with Crippen LogP contribution in [0.5, 0.6) is 0 Å². The van der Waals surface area contributed by atoms with Crippen LogP contribution in [0.1, 0.15) is 5.69 Å². The van der Waals surface area contributed by atoms with E-state index < -0.39 is 0 Å². The van der Waals surface area contributed by atoms with Crippen molar-refractivity contribution in [2.24, 2.45) is 7.05 Å². The van der Waals surface area contributed by atoms with Crippen molar-refractivity contribution < 1.29 is 20.1 Å². The Kier molecular flexibility index (Phi) is 7.27. The largest absolute Gasteiger partial charge is 0.654 e. The number of rotatable bonds is 3. The van der Waals surface area contributed by atoms with Gasteiger partial charge >= 0.3 is 0 Å². The van der Waals surface area contributed by atoms with Crippen LogP contribution in [0.2, 0.25) is 0 Å². The van der Waals surface area contributed by atoms with Gasteiger partial charge in [-0.2, -0.15) is 10.8 Å². The Morgan fingerprint density at radius 1 is 1.12 bits per heavy atom. The zero-order chi connectivity index (χ0) is 17.5. The molecule has 4 rings (SSSR count). The summed E-state index contributed by atoms with van der Waals surface area (Å²) in [6.07, 6.45) is 9.43. The van der Waals surface area contributed by atoms with Crippen LogP contribution in [-0.4, -0.2) is 14.1 Å². The number of benzene rings is 1. The minimum atomic E-state index is 0. The van der Waals surface area contributed by atoms with Crippen LogP contribution in [0.4, 0.5) is 0 Å². The fraction of sp³-hybridized carbons (Fsp3) is 0.0476. The van der Waals surface area contributed by atoms with E-state index in [0.29, 0.717) is 0 Å². The van der Waals surface area contributed by atoms with E-state index in [1.165, 1.54) is 0 Å². The Hall–Kier alpha value is -2.75. The molecule has 26 heavy (non-hydrogen) atoms. The van der Waals surface area contributed by atoms with Crippen molar-refractivity contribution in [1.29, 1.82) is 0 Å². The molecule has 0 fully saturated rings. The third-order valence-corrected chi connectivity index (χ3v) is 3.58. The molecule has 4 aromatic rings. The van der Waals surface area contributed by atoms with Crippen molar-refractivity contribution >= 4 is 5.70 Å². The summed E-state index contributed by atoms with van der Waals surface area (Å²) in [5.74, 6) is 0. The quantitative estimate of drug-likeness (QED) is 0.382. The van der Waals surface area contributed by atoms with Gasteiger partial charge in [0, 0.05) is 33.3 Å². The van der Waals surface area contributed by atoms with E-state index in [9.17, 15) is 0 Å². The summed E-state index contributed by atoms with van der Waals surface area (Å²) in [4.78, 5) is 8.39. The summed E-state index contributed by atoms with van der Waals surface area (Å²) in [5.41, 5.74) is 3.82. The van der Waals surface area contributed by atoms with Crippen LogP contribution in [0.3, 0.4) is 0 Å². The molecule has 0 aliphatic carbocycles. The first-order valence-electron chi connectivity index (χ1n) is 7.93. The van der Waals surface area contributed by atoms with E-state index in [1.807, 2.05) is 89.5 Å². The van der Waals surface area contributed by atoms with Crippen LogP contribution >= 0.6 is 0 Å². The molecule has 0 atom stereocenters. The van der Waals surface area contributed by atoms with E-state index in [1.54, 1.807) is 12.4 Å². The molecular formula is C21H19IrN4-. The Bertz CT molecular complexity index is 876. The normalized spacial score (nSPS) is 9.58. The molecule has 3 heterocycles. The zero-order valence-corrected chi connectivity index (χ0v) is 16.8. The van der Waals surface area contributed by atoms with E-state index >= 15 is 0 Å². The SMILES string of the molecule is C=C(c1ccc[n-]1)n1ccn(C)[cH+]1.[Ir].[c-]1ccccc1-c1ccccn1. The number of imidazole rings is 1. The molecule has 133 valence electrons. The van der Waals surface area contributed by atoms with Crippen molar-refractivity contribution in [2.45, 2.75) is 0 Å². The van der Waals surface area contributed by atoms with E-state index in [0.717, 1.165) is 22.6 Å². The maximum absolute atomic E-state index is 4.22.